The first kappa shape index (κ1) is 14.2. The third-order valence-electron chi connectivity index (χ3n) is 2.71. The molecule has 2 rings (SSSR count). The van der Waals surface area contributed by atoms with E-state index in [2.05, 4.69) is 4.98 Å². The van der Waals surface area contributed by atoms with E-state index in [1.165, 1.54) is 36.8 Å². The summed E-state index contributed by atoms with van der Waals surface area (Å²) in [6, 6.07) is 3.08. The second-order valence-electron chi connectivity index (χ2n) is 4.22. The van der Waals surface area contributed by atoms with Crippen LogP contribution in [0, 0.1) is 0 Å². The molecule has 0 bridgehead atoms. The van der Waals surface area contributed by atoms with E-state index in [-0.39, 0.29) is 11.4 Å². The van der Waals surface area contributed by atoms with Crippen molar-refractivity contribution in [3.8, 4) is 0 Å². The standard InChI is InChI=1S/C14H12ClN3O2/c1-9-6-12(15)7-11(13(9)19)8-18(16)14(20)10-2-4-17-5-3-10/h2-8H,16H2,1H3. The molecule has 1 amide bonds. The van der Waals surface area contributed by atoms with Crippen LogP contribution >= 0.6 is 11.6 Å². The smallest absolute Gasteiger partial charge is 0.272 e. The van der Waals surface area contributed by atoms with E-state index in [0.717, 1.165) is 5.01 Å². The highest BCUT2D eigenvalue weighted by Crippen LogP contribution is 2.21. The lowest BCUT2D eigenvalue weighted by molar-refractivity contribution is -0.112. The molecular weight excluding hydrogens is 278 g/mol. The summed E-state index contributed by atoms with van der Waals surface area (Å²) < 4.78 is 0. The molecule has 0 unspecified atom stereocenters. The number of nitrogens with zero attached hydrogens (tertiary/aromatic N) is 2. The highest BCUT2D eigenvalue weighted by molar-refractivity contribution is 6.33. The van der Waals surface area contributed by atoms with Gasteiger partial charge in [-0.1, -0.05) is 11.6 Å². The number of halogens is 1. The fourth-order valence-corrected chi connectivity index (χ4v) is 1.98. The third-order valence-corrected chi connectivity index (χ3v) is 2.93. The first-order chi connectivity index (χ1) is 9.49. The van der Waals surface area contributed by atoms with Crippen LogP contribution in [0.3, 0.4) is 0 Å². The summed E-state index contributed by atoms with van der Waals surface area (Å²) in [5, 5.41) is 1.28. The number of hydrogen-bond acceptors (Lipinski definition) is 4. The number of amides is 1. The Kier molecular flexibility index (Phi) is 4.12. The highest BCUT2D eigenvalue weighted by atomic mass is 35.5. The number of allylic oxidation sites excluding steroid dienone is 5. The largest absolute Gasteiger partial charge is 0.289 e. The van der Waals surface area contributed by atoms with Gasteiger partial charge in [-0.25, -0.2) is 5.84 Å². The molecule has 0 saturated heterocycles. The number of carbonyl (C=O) groups is 2. The van der Waals surface area contributed by atoms with Gasteiger partial charge in [-0.3, -0.25) is 19.6 Å². The number of pyridine rings is 1. The summed E-state index contributed by atoms with van der Waals surface area (Å²) in [6.45, 7) is 1.65. The van der Waals surface area contributed by atoms with E-state index in [0.29, 0.717) is 16.2 Å². The second-order valence-corrected chi connectivity index (χ2v) is 4.65. The molecule has 0 radical (unpaired) electrons. The number of Topliss-reactive ketones (excluding diaryl/α,β-unsaturated/α-hetero) is 1. The van der Waals surface area contributed by atoms with E-state index < -0.39 is 5.91 Å². The van der Waals surface area contributed by atoms with Crippen molar-refractivity contribution in [1.29, 1.82) is 0 Å². The molecule has 0 atom stereocenters. The normalized spacial score (nSPS) is 16.8. The van der Waals surface area contributed by atoms with Gasteiger partial charge >= 0.3 is 0 Å². The lowest BCUT2D eigenvalue weighted by atomic mass is 10.0. The number of ketones is 1. The molecule has 2 N–H and O–H groups in total. The van der Waals surface area contributed by atoms with Gasteiger partial charge in [0, 0.05) is 34.8 Å². The number of carbonyl (C=O) groups excluding carboxylic acids is 2. The Hall–Kier alpha value is -2.24. The van der Waals surface area contributed by atoms with Crippen molar-refractivity contribution >= 4 is 23.3 Å². The van der Waals surface area contributed by atoms with Gasteiger partial charge in [0.2, 0.25) is 0 Å². The molecule has 102 valence electrons. The average Bonchev–Trinajstić information content (AvgIpc) is 2.44. The van der Waals surface area contributed by atoms with Crippen LogP contribution < -0.4 is 5.84 Å². The van der Waals surface area contributed by atoms with E-state index >= 15 is 0 Å². The van der Waals surface area contributed by atoms with Gasteiger partial charge in [-0.2, -0.15) is 0 Å². The predicted molar refractivity (Wildman–Crippen MR) is 75.4 cm³/mol. The van der Waals surface area contributed by atoms with Crippen LogP contribution in [0.4, 0.5) is 0 Å². The number of hydrogen-bond donors (Lipinski definition) is 1. The Morgan fingerprint density at radius 3 is 2.65 bits per heavy atom. The third kappa shape index (κ3) is 3.01. The van der Waals surface area contributed by atoms with Gasteiger partial charge in [-0.15, -0.1) is 0 Å². The maximum absolute atomic E-state index is 12.0. The maximum Gasteiger partial charge on any atom is 0.272 e. The van der Waals surface area contributed by atoms with Crippen molar-refractivity contribution < 1.29 is 9.59 Å². The quantitative estimate of drug-likeness (QED) is 0.391. The zero-order valence-corrected chi connectivity index (χ0v) is 11.5. The molecular formula is C14H12ClN3O2. The Labute approximate surface area is 121 Å². The number of aromatic nitrogens is 1. The molecule has 1 heterocycles. The van der Waals surface area contributed by atoms with Gasteiger partial charge in [0.05, 0.1) is 0 Å². The van der Waals surface area contributed by atoms with Gasteiger partial charge < -0.3 is 0 Å². The van der Waals surface area contributed by atoms with Crippen LogP contribution in [0.2, 0.25) is 0 Å². The fraction of sp³-hybridized carbons (Fsp3) is 0.0714. The summed E-state index contributed by atoms with van der Waals surface area (Å²) >= 11 is 5.89. The number of nitrogens with two attached hydrogens (primary N) is 1. The van der Waals surface area contributed by atoms with Gasteiger partial charge in [0.25, 0.3) is 5.91 Å². The zero-order valence-electron chi connectivity index (χ0n) is 10.7. The van der Waals surface area contributed by atoms with Crippen LogP contribution in [0.25, 0.3) is 0 Å². The molecule has 0 aliphatic heterocycles. The minimum Gasteiger partial charge on any atom is -0.289 e. The fourth-order valence-electron chi connectivity index (χ4n) is 1.70. The van der Waals surface area contributed by atoms with Crippen molar-refractivity contribution in [1.82, 2.24) is 9.99 Å². The SMILES string of the molecule is CC1=CC(Cl)=CC(=CN(N)C(=O)c2ccncc2)C1=O. The van der Waals surface area contributed by atoms with Gasteiger partial charge in [-0.05, 0) is 36.8 Å². The van der Waals surface area contributed by atoms with Crippen molar-refractivity contribution in [3.63, 3.8) is 0 Å². The summed E-state index contributed by atoms with van der Waals surface area (Å²) in [4.78, 5) is 27.8. The molecule has 1 aliphatic carbocycles. The first-order valence-corrected chi connectivity index (χ1v) is 6.17. The molecule has 0 fully saturated rings. The van der Waals surface area contributed by atoms with Crippen molar-refractivity contribution in [2.24, 2.45) is 5.84 Å². The lowest BCUT2D eigenvalue weighted by Crippen LogP contribution is -2.33. The minimum absolute atomic E-state index is 0.215. The molecule has 1 aliphatic rings. The van der Waals surface area contributed by atoms with Crippen LogP contribution in [0.15, 0.2) is 59.1 Å². The molecule has 1 aromatic rings. The van der Waals surface area contributed by atoms with Crippen LogP contribution in [-0.2, 0) is 4.79 Å². The predicted octanol–water partition coefficient (Wildman–Crippen LogP) is 1.93. The van der Waals surface area contributed by atoms with Crippen molar-refractivity contribution in [2.75, 3.05) is 0 Å². The Bertz CT molecular complexity index is 648. The Morgan fingerprint density at radius 1 is 1.35 bits per heavy atom. The lowest BCUT2D eigenvalue weighted by Gasteiger charge is -2.15. The van der Waals surface area contributed by atoms with Crippen LogP contribution in [0.1, 0.15) is 17.3 Å². The Morgan fingerprint density at radius 2 is 2.00 bits per heavy atom. The highest BCUT2D eigenvalue weighted by Gasteiger charge is 2.18. The maximum atomic E-state index is 12.0. The van der Waals surface area contributed by atoms with Gasteiger partial charge in [0.1, 0.15) is 0 Å². The Balaban J connectivity index is 2.25. The van der Waals surface area contributed by atoms with E-state index in [9.17, 15) is 9.59 Å². The summed E-state index contributed by atoms with van der Waals surface area (Å²) in [5.74, 6) is 5.02. The van der Waals surface area contributed by atoms with Gasteiger partial charge in [0.15, 0.2) is 5.78 Å². The molecule has 0 spiro atoms. The zero-order chi connectivity index (χ0) is 14.7. The van der Waals surface area contributed by atoms with Crippen LogP contribution in [-0.4, -0.2) is 21.7 Å². The molecule has 0 saturated carbocycles. The van der Waals surface area contributed by atoms with E-state index in [4.69, 9.17) is 17.4 Å². The summed E-state index contributed by atoms with van der Waals surface area (Å²) in [6.07, 6.45) is 7.28. The van der Waals surface area contributed by atoms with E-state index in [1.807, 2.05) is 0 Å². The first-order valence-electron chi connectivity index (χ1n) is 5.79. The van der Waals surface area contributed by atoms with Crippen molar-refractivity contribution in [3.05, 3.63) is 64.6 Å². The summed E-state index contributed by atoms with van der Waals surface area (Å²) in [7, 11) is 0. The minimum atomic E-state index is -0.440. The molecule has 6 heteroatoms. The number of rotatable bonds is 2. The average molecular weight is 290 g/mol. The molecule has 0 aromatic carbocycles. The molecule has 20 heavy (non-hydrogen) atoms. The summed E-state index contributed by atoms with van der Waals surface area (Å²) in [5.41, 5.74) is 1.14. The monoisotopic (exact) mass is 289 g/mol. The second kappa shape index (κ2) is 5.81. The van der Waals surface area contributed by atoms with Crippen molar-refractivity contribution in [2.45, 2.75) is 6.92 Å². The number of hydrazine groups is 1. The molecule has 1 aromatic heterocycles. The van der Waals surface area contributed by atoms with E-state index in [1.54, 1.807) is 13.0 Å². The van der Waals surface area contributed by atoms with Crippen LogP contribution in [0.5, 0.6) is 0 Å². The molecule has 5 nitrogen and oxygen atoms in total. The topological polar surface area (TPSA) is 76.3 Å².